The van der Waals surface area contributed by atoms with Gasteiger partial charge in [0.2, 0.25) is 0 Å². The highest BCUT2D eigenvalue weighted by molar-refractivity contribution is 5.82. The van der Waals surface area contributed by atoms with Crippen LogP contribution in [-0.2, 0) is 16.0 Å². The zero-order valence-corrected chi connectivity index (χ0v) is 10.7. The van der Waals surface area contributed by atoms with Crippen molar-refractivity contribution in [3.8, 4) is 0 Å². The van der Waals surface area contributed by atoms with Crippen molar-refractivity contribution in [2.75, 3.05) is 5.32 Å². The summed E-state index contributed by atoms with van der Waals surface area (Å²) in [6.07, 6.45) is -0.986. The van der Waals surface area contributed by atoms with Gasteiger partial charge in [-0.1, -0.05) is 0 Å². The number of anilines is 1. The van der Waals surface area contributed by atoms with Gasteiger partial charge in [0.25, 0.3) is 0 Å². The standard InChI is InChI=1S/C11H16N2O5/c1-6-7(5-8(14)15)17-9(12-6)13-10(16)18-11(2,3)4/h5H2,1-4H3,(H,14,15)(H,12,13,16). The highest BCUT2D eigenvalue weighted by Gasteiger charge is 2.19. The number of carboxylic acids is 1. The number of carbonyl (C=O) groups is 2. The Hall–Kier alpha value is -2.05. The molecule has 0 saturated heterocycles. The molecule has 1 aromatic heterocycles. The number of carbonyl (C=O) groups excluding carboxylic acids is 1. The fourth-order valence-electron chi connectivity index (χ4n) is 1.17. The van der Waals surface area contributed by atoms with E-state index in [-0.39, 0.29) is 18.2 Å². The highest BCUT2D eigenvalue weighted by atomic mass is 16.6. The molecule has 0 fully saturated rings. The number of carboxylic acid groups (broad SMARTS) is 1. The van der Waals surface area contributed by atoms with Gasteiger partial charge in [-0.15, -0.1) is 0 Å². The van der Waals surface area contributed by atoms with Crippen LogP contribution < -0.4 is 5.32 Å². The van der Waals surface area contributed by atoms with E-state index < -0.39 is 17.7 Å². The Balaban J connectivity index is 2.69. The van der Waals surface area contributed by atoms with Crippen molar-refractivity contribution in [1.82, 2.24) is 4.98 Å². The average Bonchev–Trinajstić information content (AvgIpc) is 2.41. The first-order valence-electron chi connectivity index (χ1n) is 5.35. The molecule has 0 radical (unpaired) electrons. The van der Waals surface area contributed by atoms with Crippen LogP contribution in [0, 0.1) is 6.92 Å². The first-order chi connectivity index (χ1) is 8.17. The predicted molar refractivity (Wildman–Crippen MR) is 62.4 cm³/mol. The third-order valence-electron chi connectivity index (χ3n) is 1.81. The van der Waals surface area contributed by atoms with Crippen molar-refractivity contribution in [2.24, 2.45) is 0 Å². The van der Waals surface area contributed by atoms with Crippen LogP contribution in [0.1, 0.15) is 32.2 Å². The monoisotopic (exact) mass is 256 g/mol. The third kappa shape index (κ3) is 4.44. The van der Waals surface area contributed by atoms with E-state index in [2.05, 4.69) is 10.3 Å². The summed E-state index contributed by atoms with van der Waals surface area (Å²) in [6, 6.07) is -0.0713. The van der Waals surface area contributed by atoms with E-state index in [1.165, 1.54) is 0 Å². The average molecular weight is 256 g/mol. The van der Waals surface area contributed by atoms with Gasteiger partial charge < -0.3 is 14.3 Å². The van der Waals surface area contributed by atoms with Crippen molar-refractivity contribution < 1.29 is 23.8 Å². The van der Waals surface area contributed by atoms with Gasteiger partial charge in [0, 0.05) is 0 Å². The number of aliphatic carboxylic acids is 1. The third-order valence-corrected chi connectivity index (χ3v) is 1.81. The van der Waals surface area contributed by atoms with Gasteiger partial charge in [0.05, 0.1) is 5.69 Å². The van der Waals surface area contributed by atoms with Crippen molar-refractivity contribution in [3.63, 3.8) is 0 Å². The minimum atomic E-state index is -1.03. The van der Waals surface area contributed by atoms with E-state index >= 15 is 0 Å². The smallest absolute Gasteiger partial charge is 0.415 e. The molecule has 0 aliphatic rings. The van der Waals surface area contributed by atoms with E-state index in [1.807, 2.05) is 0 Å². The molecule has 1 amide bonds. The maximum atomic E-state index is 11.4. The lowest BCUT2D eigenvalue weighted by Gasteiger charge is -2.18. The molecule has 18 heavy (non-hydrogen) atoms. The van der Waals surface area contributed by atoms with E-state index in [0.717, 1.165) is 0 Å². The first kappa shape index (κ1) is 14.0. The molecule has 0 saturated carbocycles. The summed E-state index contributed by atoms with van der Waals surface area (Å²) in [4.78, 5) is 25.9. The van der Waals surface area contributed by atoms with Gasteiger partial charge in [-0.2, -0.15) is 4.98 Å². The molecule has 7 nitrogen and oxygen atoms in total. The molecule has 1 rings (SSSR count). The van der Waals surface area contributed by atoms with Gasteiger partial charge in [-0.3, -0.25) is 4.79 Å². The molecule has 0 bridgehead atoms. The number of oxazole rings is 1. The lowest BCUT2D eigenvalue weighted by atomic mass is 10.2. The fraction of sp³-hybridized carbons (Fsp3) is 0.545. The summed E-state index contributed by atoms with van der Waals surface area (Å²) in [7, 11) is 0. The van der Waals surface area contributed by atoms with E-state index in [4.69, 9.17) is 14.3 Å². The van der Waals surface area contributed by atoms with E-state index in [1.54, 1.807) is 27.7 Å². The number of rotatable bonds is 3. The second-order valence-electron chi connectivity index (χ2n) is 4.73. The van der Waals surface area contributed by atoms with Gasteiger partial charge in [0.1, 0.15) is 17.8 Å². The molecule has 0 aliphatic heterocycles. The zero-order chi connectivity index (χ0) is 13.9. The van der Waals surface area contributed by atoms with Gasteiger partial charge in [0.15, 0.2) is 0 Å². The van der Waals surface area contributed by atoms with Crippen molar-refractivity contribution in [3.05, 3.63) is 11.5 Å². The largest absolute Gasteiger partial charge is 0.481 e. The number of nitrogens with zero attached hydrogens (tertiary/aromatic N) is 1. The number of ether oxygens (including phenoxy) is 1. The summed E-state index contributed by atoms with van der Waals surface area (Å²) in [6.45, 7) is 6.78. The van der Waals surface area contributed by atoms with Crippen LogP contribution in [-0.4, -0.2) is 27.8 Å². The number of aromatic nitrogens is 1. The summed E-state index contributed by atoms with van der Waals surface area (Å²) >= 11 is 0. The van der Waals surface area contributed by atoms with Gasteiger partial charge in [-0.25, -0.2) is 10.1 Å². The molecule has 0 aromatic carbocycles. The summed E-state index contributed by atoms with van der Waals surface area (Å²) in [5.41, 5.74) is -0.209. The molecule has 2 N–H and O–H groups in total. The van der Waals surface area contributed by atoms with Crippen molar-refractivity contribution >= 4 is 18.1 Å². The molecule has 7 heteroatoms. The number of amides is 1. The minimum Gasteiger partial charge on any atom is -0.481 e. The quantitative estimate of drug-likeness (QED) is 0.857. The number of nitrogens with one attached hydrogen (secondary N) is 1. The lowest BCUT2D eigenvalue weighted by Crippen LogP contribution is -2.27. The van der Waals surface area contributed by atoms with Crippen LogP contribution in [0.3, 0.4) is 0 Å². The SMILES string of the molecule is Cc1nc(NC(=O)OC(C)(C)C)oc1CC(=O)O. The predicted octanol–water partition coefficient (Wildman–Crippen LogP) is 1.96. The topological polar surface area (TPSA) is 102 Å². The Bertz CT molecular complexity index is 458. The first-order valence-corrected chi connectivity index (χ1v) is 5.35. The fourth-order valence-corrected chi connectivity index (χ4v) is 1.17. The van der Waals surface area contributed by atoms with Gasteiger partial charge in [-0.05, 0) is 27.7 Å². The van der Waals surface area contributed by atoms with Crippen LogP contribution in [0.25, 0.3) is 0 Å². The molecule has 0 aliphatic carbocycles. The van der Waals surface area contributed by atoms with Crippen LogP contribution in [0.4, 0.5) is 10.8 Å². The summed E-state index contributed by atoms with van der Waals surface area (Å²) in [5.74, 6) is -0.827. The van der Waals surface area contributed by atoms with Crippen molar-refractivity contribution in [1.29, 1.82) is 0 Å². The minimum absolute atomic E-state index is 0.0713. The molecule has 0 spiro atoms. The second-order valence-corrected chi connectivity index (χ2v) is 4.73. The Morgan fingerprint density at radius 2 is 2.06 bits per heavy atom. The molecule has 100 valence electrons. The molecular formula is C11H16N2O5. The lowest BCUT2D eigenvalue weighted by molar-refractivity contribution is -0.136. The zero-order valence-electron chi connectivity index (χ0n) is 10.7. The van der Waals surface area contributed by atoms with Gasteiger partial charge >= 0.3 is 18.1 Å². The number of hydrogen-bond acceptors (Lipinski definition) is 5. The van der Waals surface area contributed by atoms with Crippen LogP contribution >= 0.6 is 0 Å². The van der Waals surface area contributed by atoms with Crippen molar-refractivity contribution in [2.45, 2.75) is 39.7 Å². The Kier molecular flexibility index (Phi) is 3.95. The van der Waals surface area contributed by atoms with E-state index in [0.29, 0.717) is 5.69 Å². The van der Waals surface area contributed by atoms with Crippen LogP contribution in [0.2, 0.25) is 0 Å². The molecule has 1 heterocycles. The molecular weight excluding hydrogens is 240 g/mol. The second kappa shape index (κ2) is 5.07. The summed E-state index contributed by atoms with van der Waals surface area (Å²) < 4.78 is 10.1. The number of hydrogen-bond donors (Lipinski definition) is 2. The van der Waals surface area contributed by atoms with Crippen LogP contribution in [0.15, 0.2) is 4.42 Å². The number of aryl methyl sites for hydroxylation is 1. The molecule has 1 aromatic rings. The Labute approximate surface area is 104 Å². The molecule has 0 unspecified atom stereocenters. The normalized spacial score (nSPS) is 11.1. The maximum absolute atomic E-state index is 11.4. The molecule has 0 atom stereocenters. The summed E-state index contributed by atoms with van der Waals surface area (Å²) in [5, 5.41) is 10.9. The van der Waals surface area contributed by atoms with E-state index in [9.17, 15) is 9.59 Å². The Morgan fingerprint density at radius 1 is 1.44 bits per heavy atom. The van der Waals surface area contributed by atoms with Crippen LogP contribution in [0.5, 0.6) is 0 Å². The Morgan fingerprint density at radius 3 is 2.56 bits per heavy atom. The highest BCUT2D eigenvalue weighted by Crippen LogP contribution is 2.16. The maximum Gasteiger partial charge on any atom is 0.415 e.